The molecular formula is C10H14O3. The van der Waals surface area contributed by atoms with Crippen LogP contribution in [0.3, 0.4) is 0 Å². The summed E-state index contributed by atoms with van der Waals surface area (Å²) in [5.41, 5.74) is 2.43. The topological polar surface area (TPSA) is 49.7 Å². The van der Waals surface area contributed by atoms with E-state index in [-0.39, 0.29) is 13.2 Å². The zero-order valence-electron chi connectivity index (χ0n) is 7.87. The molecule has 3 heteroatoms. The molecule has 72 valence electrons. The third-order valence-electron chi connectivity index (χ3n) is 2.06. The van der Waals surface area contributed by atoms with Crippen LogP contribution in [0.15, 0.2) is 12.1 Å². The largest absolute Gasteiger partial charge is 0.496 e. The molecule has 0 amide bonds. The SMILES string of the molecule is COc1cc(CO)c(CO)cc1C. The second-order valence-electron chi connectivity index (χ2n) is 2.91. The van der Waals surface area contributed by atoms with Gasteiger partial charge in [-0.15, -0.1) is 0 Å². The maximum Gasteiger partial charge on any atom is 0.122 e. The molecule has 0 aliphatic rings. The summed E-state index contributed by atoms with van der Waals surface area (Å²) in [4.78, 5) is 0. The molecule has 1 rings (SSSR count). The number of aliphatic hydroxyl groups excluding tert-OH is 2. The number of rotatable bonds is 3. The summed E-state index contributed by atoms with van der Waals surface area (Å²) in [6, 6.07) is 3.57. The van der Waals surface area contributed by atoms with E-state index in [1.807, 2.05) is 13.0 Å². The van der Waals surface area contributed by atoms with Gasteiger partial charge < -0.3 is 14.9 Å². The molecular weight excluding hydrogens is 168 g/mol. The Morgan fingerprint density at radius 2 is 1.69 bits per heavy atom. The van der Waals surface area contributed by atoms with Crippen molar-refractivity contribution < 1.29 is 14.9 Å². The lowest BCUT2D eigenvalue weighted by atomic mass is 10.0. The molecule has 0 aliphatic heterocycles. The fourth-order valence-electron chi connectivity index (χ4n) is 1.30. The van der Waals surface area contributed by atoms with E-state index in [1.165, 1.54) is 0 Å². The van der Waals surface area contributed by atoms with Gasteiger partial charge in [-0.05, 0) is 35.7 Å². The molecule has 0 saturated carbocycles. The molecule has 0 atom stereocenters. The first-order valence-corrected chi connectivity index (χ1v) is 4.11. The fourth-order valence-corrected chi connectivity index (χ4v) is 1.30. The van der Waals surface area contributed by atoms with Crippen LogP contribution in [0.5, 0.6) is 5.75 Å². The van der Waals surface area contributed by atoms with Crippen molar-refractivity contribution in [3.05, 3.63) is 28.8 Å². The Kier molecular flexibility index (Phi) is 3.28. The molecule has 13 heavy (non-hydrogen) atoms. The van der Waals surface area contributed by atoms with Crippen LogP contribution in [0, 0.1) is 6.92 Å². The molecule has 2 N–H and O–H groups in total. The van der Waals surface area contributed by atoms with Gasteiger partial charge in [0.25, 0.3) is 0 Å². The van der Waals surface area contributed by atoms with Gasteiger partial charge in [-0.1, -0.05) is 0 Å². The molecule has 0 saturated heterocycles. The summed E-state index contributed by atoms with van der Waals surface area (Å²) in [5, 5.41) is 18.0. The Balaban J connectivity index is 3.18. The van der Waals surface area contributed by atoms with E-state index in [9.17, 15) is 0 Å². The number of aryl methyl sites for hydroxylation is 1. The highest BCUT2D eigenvalue weighted by Crippen LogP contribution is 2.22. The van der Waals surface area contributed by atoms with Gasteiger partial charge in [-0.3, -0.25) is 0 Å². The minimum Gasteiger partial charge on any atom is -0.496 e. The van der Waals surface area contributed by atoms with Crippen LogP contribution in [0.25, 0.3) is 0 Å². The van der Waals surface area contributed by atoms with Crippen LogP contribution < -0.4 is 4.74 Å². The molecule has 0 unspecified atom stereocenters. The predicted octanol–water partition coefficient (Wildman–Crippen LogP) is 0.988. The van der Waals surface area contributed by atoms with Gasteiger partial charge in [0.1, 0.15) is 5.75 Å². The highest BCUT2D eigenvalue weighted by molar-refractivity contribution is 5.41. The lowest BCUT2D eigenvalue weighted by molar-refractivity contribution is 0.259. The van der Waals surface area contributed by atoms with Gasteiger partial charge in [-0.2, -0.15) is 0 Å². The van der Waals surface area contributed by atoms with E-state index in [2.05, 4.69) is 0 Å². The van der Waals surface area contributed by atoms with E-state index in [0.29, 0.717) is 5.56 Å². The van der Waals surface area contributed by atoms with Crippen LogP contribution in [-0.4, -0.2) is 17.3 Å². The van der Waals surface area contributed by atoms with Crippen LogP contribution in [-0.2, 0) is 13.2 Å². The fraction of sp³-hybridized carbons (Fsp3) is 0.400. The monoisotopic (exact) mass is 182 g/mol. The van der Waals surface area contributed by atoms with Crippen LogP contribution in [0.2, 0.25) is 0 Å². The Labute approximate surface area is 77.6 Å². The van der Waals surface area contributed by atoms with Gasteiger partial charge in [-0.25, -0.2) is 0 Å². The van der Waals surface area contributed by atoms with Gasteiger partial charge in [0, 0.05) is 0 Å². The normalized spacial score (nSPS) is 10.2. The summed E-state index contributed by atoms with van der Waals surface area (Å²) in [5.74, 6) is 0.737. The first-order chi connectivity index (χ1) is 6.22. The summed E-state index contributed by atoms with van der Waals surface area (Å²) >= 11 is 0. The van der Waals surface area contributed by atoms with Crippen LogP contribution >= 0.6 is 0 Å². The lowest BCUT2D eigenvalue weighted by Crippen LogP contribution is -1.97. The van der Waals surface area contributed by atoms with E-state index in [1.54, 1.807) is 13.2 Å². The predicted molar refractivity (Wildman–Crippen MR) is 49.6 cm³/mol. The van der Waals surface area contributed by atoms with E-state index >= 15 is 0 Å². The maximum atomic E-state index is 8.99. The molecule has 0 spiro atoms. The second kappa shape index (κ2) is 4.25. The van der Waals surface area contributed by atoms with Crippen molar-refractivity contribution in [3.63, 3.8) is 0 Å². The average molecular weight is 182 g/mol. The minimum absolute atomic E-state index is 0.0548. The van der Waals surface area contributed by atoms with Crippen LogP contribution in [0.1, 0.15) is 16.7 Å². The molecule has 1 aromatic rings. The van der Waals surface area contributed by atoms with Crippen molar-refractivity contribution >= 4 is 0 Å². The van der Waals surface area contributed by atoms with E-state index in [0.717, 1.165) is 16.9 Å². The van der Waals surface area contributed by atoms with Crippen molar-refractivity contribution in [2.75, 3.05) is 7.11 Å². The van der Waals surface area contributed by atoms with Crippen LogP contribution in [0.4, 0.5) is 0 Å². The van der Waals surface area contributed by atoms with Gasteiger partial charge >= 0.3 is 0 Å². The quantitative estimate of drug-likeness (QED) is 0.732. The van der Waals surface area contributed by atoms with Crippen molar-refractivity contribution in [2.24, 2.45) is 0 Å². The Bertz CT molecular complexity index is 294. The summed E-state index contributed by atoms with van der Waals surface area (Å²) in [7, 11) is 1.59. The number of ether oxygens (including phenoxy) is 1. The number of hydrogen-bond donors (Lipinski definition) is 2. The Morgan fingerprint density at radius 3 is 2.15 bits per heavy atom. The molecule has 0 radical (unpaired) electrons. The van der Waals surface area contributed by atoms with Crippen molar-refractivity contribution in [3.8, 4) is 5.75 Å². The molecule has 0 aromatic heterocycles. The van der Waals surface area contributed by atoms with E-state index in [4.69, 9.17) is 14.9 Å². The third-order valence-corrected chi connectivity index (χ3v) is 2.06. The standard InChI is InChI=1S/C10H14O3/c1-7-3-8(5-11)9(6-12)4-10(7)13-2/h3-4,11-12H,5-6H2,1-2H3. The summed E-state index contributed by atoms with van der Waals surface area (Å²) in [6.45, 7) is 1.77. The zero-order valence-corrected chi connectivity index (χ0v) is 7.87. The lowest BCUT2D eigenvalue weighted by Gasteiger charge is -2.10. The number of methoxy groups -OCH3 is 1. The Morgan fingerprint density at radius 1 is 1.15 bits per heavy atom. The average Bonchev–Trinajstić information content (AvgIpc) is 2.17. The highest BCUT2D eigenvalue weighted by Gasteiger charge is 2.05. The molecule has 0 bridgehead atoms. The second-order valence-corrected chi connectivity index (χ2v) is 2.91. The first kappa shape index (κ1) is 10.0. The molecule has 3 nitrogen and oxygen atoms in total. The first-order valence-electron chi connectivity index (χ1n) is 4.11. The highest BCUT2D eigenvalue weighted by atomic mass is 16.5. The molecule has 1 aromatic carbocycles. The van der Waals surface area contributed by atoms with Gasteiger partial charge in [0.15, 0.2) is 0 Å². The zero-order chi connectivity index (χ0) is 9.84. The summed E-state index contributed by atoms with van der Waals surface area (Å²) < 4.78 is 5.09. The number of aliphatic hydroxyl groups is 2. The third kappa shape index (κ3) is 1.99. The molecule has 0 fully saturated rings. The van der Waals surface area contributed by atoms with Crippen molar-refractivity contribution in [1.29, 1.82) is 0 Å². The van der Waals surface area contributed by atoms with Gasteiger partial charge in [0.05, 0.1) is 20.3 Å². The van der Waals surface area contributed by atoms with Crippen molar-refractivity contribution in [2.45, 2.75) is 20.1 Å². The minimum atomic E-state index is -0.0769. The molecule has 0 aliphatic carbocycles. The number of benzene rings is 1. The Hall–Kier alpha value is -1.06. The molecule has 0 heterocycles. The summed E-state index contributed by atoms with van der Waals surface area (Å²) in [6.07, 6.45) is 0. The van der Waals surface area contributed by atoms with E-state index < -0.39 is 0 Å². The number of hydrogen-bond acceptors (Lipinski definition) is 3. The smallest absolute Gasteiger partial charge is 0.122 e. The van der Waals surface area contributed by atoms with Gasteiger partial charge in [0.2, 0.25) is 0 Å². The maximum absolute atomic E-state index is 8.99. The van der Waals surface area contributed by atoms with Crippen molar-refractivity contribution in [1.82, 2.24) is 0 Å².